The molecular formula is C12H15NOS2. The van der Waals surface area contributed by atoms with Crippen LogP contribution in [0.2, 0.25) is 0 Å². The van der Waals surface area contributed by atoms with Crippen molar-refractivity contribution >= 4 is 34.3 Å². The maximum absolute atomic E-state index is 11.2. The predicted molar refractivity (Wildman–Crippen MR) is 71.8 cm³/mol. The second-order valence-electron chi connectivity index (χ2n) is 3.84. The summed E-state index contributed by atoms with van der Waals surface area (Å²) in [5.74, 6) is 0. The number of nitrogens with one attached hydrogen (secondary N) is 1. The van der Waals surface area contributed by atoms with E-state index in [0.29, 0.717) is 5.25 Å². The van der Waals surface area contributed by atoms with Crippen molar-refractivity contribution in [2.75, 3.05) is 13.1 Å². The van der Waals surface area contributed by atoms with Crippen LogP contribution in [0.3, 0.4) is 0 Å². The van der Waals surface area contributed by atoms with Gasteiger partial charge < -0.3 is 5.32 Å². The number of hydrogen-bond acceptors (Lipinski definition) is 4. The smallest absolute Gasteiger partial charge is 0.186 e. The Morgan fingerprint density at radius 1 is 1.69 bits per heavy atom. The quantitative estimate of drug-likeness (QED) is 0.878. The Morgan fingerprint density at radius 3 is 3.25 bits per heavy atom. The highest BCUT2D eigenvalue weighted by molar-refractivity contribution is 8.14. The molecule has 1 aliphatic rings. The van der Waals surface area contributed by atoms with E-state index in [2.05, 4.69) is 28.2 Å². The second-order valence-corrected chi connectivity index (χ2v) is 6.00. The molecule has 0 bridgehead atoms. The maximum atomic E-state index is 11.2. The van der Waals surface area contributed by atoms with Crippen molar-refractivity contribution in [2.24, 2.45) is 0 Å². The van der Waals surface area contributed by atoms with Gasteiger partial charge in [-0.2, -0.15) is 11.3 Å². The zero-order valence-electron chi connectivity index (χ0n) is 9.23. The first kappa shape index (κ1) is 11.9. The van der Waals surface area contributed by atoms with E-state index in [-0.39, 0.29) is 5.12 Å². The van der Waals surface area contributed by atoms with Crippen molar-refractivity contribution in [3.05, 3.63) is 28.0 Å². The Hall–Kier alpha value is -0.580. The van der Waals surface area contributed by atoms with Gasteiger partial charge >= 0.3 is 0 Å². The molecule has 0 saturated carbocycles. The Morgan fingerprint density at radius 2 is 2.56 bits per heavy atom. The van der Waals surface area contributed by atoms with Gasteiger partial charge in [0.2, 0.25) is 0 Å². The van der Waals surface area contributed by atoms with E-state index >= 15 is 0 Å². The van der Waals surface area contributed by atoms with Crippen LogP contribution >= 0.6 is 23.1 Å². The first-order valence-electron chi connectivity index (χ1n) is 5.36. The highest BCUT2D eigenvalue weighted by Gasteiger charge is 2.20. The number of piperidine rings is 1. The number of rotatable bonds is 2. The summed E-state index contributed by atoms with van der Waals surface area (Å²) < 4.78 is 0. The summed E-state index contributed by atoms with van der Waals surface area (Å²) in [4.78, 5) is 11.2. The molecule has 0 amide bonds. The maximum Gasteiger partial charge on any atom is 0.186 e. The molecule has 1 aromatic heterocycles. The van der Waals surface area contributed by atoms with Crippen LogP contribution in [0.5, 0.6) is 0 Å². The van der Waals surface area contributed by atoms with Gasteiger partial charge in [-0.25, -0.2) is 0 Å². The highest BCUT2D eigenvalue weighted by atomic mass is 32.2. The van der Waals surface area contributed by atoms with Crippen LogP contribution in [0, 0.1) is 0 Å². The number of carbonyl (C=O) groups is 1. The molecule has 1 atom stereocenters. The summed E-state index contributed by atoms with van der Waals surface area (Å²) in [6, 6.07) is 2.11. The zero-order valence-corrected chi connectivity index (χ0v) is 10.9. The van der Waals surface area contributed by atoms with Crippen molar-refractivity contribution in [1.82, 2.24) is 5.32 Å². The lowest BCUT2D eigenvalue weighted by molar-refractivity contribution is -0.109. The van der Waals surface area contributed by atoms with Crippen LogP contribution in [-0.4, -0.2) is 23.5 Å². The second kappa shape index (κ2) is 5.66. The van der Waals surface area contributed by atoms with E-state index in [1.807, 2.05) is 0 Å². The topological polar surface area (TPSA) is 29.1 Å². The van der Waals surface area contributed by atoms with Crippen molar-refractivity contribution in [3.8, 4) is 0 Å². The first-order chi connectivity index (χ1) is 7.75. The minimum absolute atomic E-state index is 0.211. The van der Waals surface area contributed by atoms with Crippen LogP contribution in [0.25, 0.3) is 6.08 Å². The summed E-state index contributed by atoms with van der Waals surface area (Å²) in [5.41, 5.74) is 2.59. The van der Waals surface area contributed by atoms with E-state index in [0.717, 1.165) is 19.5 Å². The fourth-order valence-electron chi connectivity index (χ4n) is 1.82. The van der Waals surface area contributed by atoms with Crippen LogP contribution in [0.15, 0.2) is 22.4 Å². The Bertz CT molecular complexity index is 384. The van der Waals surface area contributed by atoms with Crippen LogP contribution < -0.4 is 5.32 Å². The predicted octanol–water partition coefficient (Wildman–Crippen LogP) is 2.77. The molecule has 16 heavy (non-hydrogen) atoms. The molecule has 2 nitrogen and oxygen atoms in total. The minimum Gasteiger partial charge on any atom is -0.313 e. The van der Waals surface area contributed by atoms with E-state index in [1.165, 1.54) is 22.9 Å². The lowest BCUT2D eigenvalue weighted by atomic mass is 10.0. The van der Waals surface area contributed by atoms with Gasteiger partial charge in [0.25, 0.3) is 0 Å². The van der Waals surface area contributed by atoms with Crippen molar-refractivity contribution < 1.29 is 4.79 Å². The largest absolute Gasteiger partial charge is 0.313 e. The third-order valence-electron chi connectivity index (χ3n) is 2.53. The van der Waals surface area contributed by atoms with Crippen LogP contribution in [0.4, 0.5) is 0 Å². The Labute approximate surface area is 104 Å². The monoisotopic (exact) mass is 253 g/mol. The van der Waals surface area contributed by atoms with Gasteiger partial charge in [0.15, 0.2) is 5.12 Å². The van der Waals surface area contributed by atoms with Crippen LogP contribution in [-0.2, 0) is 4.79 Å². The SMILES string of the molecule is CC(=O)SC1CCNC/C1=C\c1ccsc1. The van der Waals surface area contributed by atoms with Gasteiger partial charge in [-0.05, 0) is 40.9 Å². The first-order valence-corrected chi connectivity index (χ1v) is 7.18. The summed E-state index contributed by atoms with van der Waals surface area (Å²) in [5, 5.41) is 8.15. The fraction of sp³-hybridized carbons (Fsp3) is 0.417. The average molecular weight is 253 g/mol. The highest BCUT2D eigenvalue weighted by Crippen LogP contribution is 2.27. The average Bonchev–Trinajstić information content (AvgIpc) is 2.73. The zero-order chi connectivity index (χ0) is 11.4. The summed E-state index contributed by atoms with van der Waals surface area (Å²) >= 11 is 3.17. The molecule has 1 aliphatic heterocycles. The van der Waals surface area contributed by atoms with Crippen LogP contribution in [0.1, 0.15) is 18.9 Å². The number of thioether (sulfide) groups is 1. The normalized spacial score (nSPS) is 23.6. The molecular weight excluding hydrogens is 238 g/mol. The van der Waals surface area contributed by atoms with Gasteiger partial charge in [0, 0.05) is 18.7 Å². The number of carbonyl (C=O) groups excluding carboxylic acids is 1. The lowest BCUT2D eigenvalue weighted by Crippen LogP contribution is -2.32. The molecule has 1 aromatic rings. The molecule has 0 spiro atoms. The Kier molecular flexibility index (Phi) is 4.21. The van der Waals surface area contributed by atoms with Crippen molar-refractivity contribution in [1.29, 1.82) is 0 Å². The summed E-state index contributed by atoms with van der Waals surface area (Å²) in [6.45, 7) is 3.56. The molecule has 2 rings (SSSR count). The standard InChI is InChI=1S/C12H15NOS2/c1-9(14)16-12-2-4-13-7-11(12)6-10-3-5-15-8-10/h3,5-6,8,12-13H,2,4,7H2,1H3/b11-6+. The van der Waals surface area contributed by atoms with E-state index in [1.54, 1.807) is 18.3 Å². The molecule has 2 heterocycles. The van der Waals surface area contributed by atoms with E-state index in [9.17, 15) is 4.79 Å². The number of hydrogen-bond donors (Lipinski definition) is 1. The fourth-order valence-corrected chi connectivity index (χ4v) is 3.37. The minimum atomic E-state index is 0.211. The van der Waals surface area contributed by atoms with Crippen molar-refractivity contribution in [3.63, 3.8) is 0 Å². The molecule has 0 aliphatic carbocycles. The third kappa shape index (κ3) is 3.20. The molecule has 1 unspecified atom stereocenters. The van der Waals surface area contributed by atoms with Gasteiger partial charge in [-0.15, -0.1) is 0 Å². The lowest BCUT2D eigenvalue weighted by Gasteiger charge is -2.24. The molecule has 0 aromatic carbocycles. The van der Waals surface area contributed by atoms with Gasteiger partial charge in [0.1, 0.15) is 0 Å². The summed E-state index contributed by atoms with van der Waals surface area (Å²) in [6.07, 6.45) is 3.25. The van der Waals surface area contributed by atoms with Gasteiger partial charge in [0.05, 0.1) is 0 Å². The molecule has 1 N–H and O–H groups in total. The van der Waals surface area contributed by atoms with Gasteiger partial charge in [-0.1, -0.05) is 17.8 Å². The van der Waals surface area contributed by atoms with Gasteiger partial charge in [-0.3, -0.25) is 4.79 Å². The van der Waals surface area contributed by atoms with E-state index in [4.69, 9.17) is 0 Å². The summed E-state index contributed by atoms with van der Waals surface area (Å²) in [7, 11) is 0. The molecule has 4 heteroatoms. The van der Waals surface area contributed by atoms with Crippen molar-refractivity contribution in [2.45, 2.75) is 18.6 Å². The third-order valence-corrected chi connectivity index (χ3v) is 4.39. The molecule has 0 radical (unpaired) electrons. The molecule has 1 saturated heterocycles. The Balaban J connectivity index is 2.12. The molecule has 86 valence electrons. The number of thiophene rings is 1. The van der Waals surface area contributed by atoms with E-state index < -0.39 is 0 Å². The molecule has 1 fully saturated rings.